The van der Waals surface area contributed by atoms with Crippen LogP contribution in [0.3, 0.4) is 0 Å². The molecule has 0 amide bonds. The molecule has 0 aliphatic rings. The third-order valence-electron chi connectivity index (χ3n) is 1.07. The van der Waals surface area contributed by atoms with E-state index in [1.165, 1.54) is 0 Å². The molecule has 11 heavy (non-hydrogen) atoms. The molecule has 0 heterocycles. The maximum absolute atomic E-state index is 5.88. The molecular formula is C8H20O2Si. The fraction of sp³-hybridized carbons (Fsp3) is 1.00. The lowest BCUT2D eigenvalue weighted by atomic mass is 10.2. The summed E-state index contributed by atoms with van der Waals surface area (Å²) in [5.41, 5.74) is -0.126. The zero-order valence-electron chi connectivity index (χ0n) is 8.52. The Morgan fingerprint density at radius 2 is 1.64 bits per heavy atom. The average molecular weight is 176 g/mol. The van der Waals surface area contributed by atoms with Crippen LogP contribution in [0.25, 0.3) is 0 Å². The summed E-state index contributed by atoms with van der Waals surface area (Å²) in [7, 11) is 0.294. The minimum Gasteiger partial charge on any atom is -0.410 e. The van der Waals surface area contributed by atoms with Crippen LogP contribution in [0.5, 0.6) is 0 Å². The van der Waals surface area contributed by atoms with Gasteiger partial charge in [-0.15, -0.1) is 0 Å². The van der Waals surface area contributed by atoms with Gasteiger partial charge in [0, 0.05) is 7.11 Å². The van der Waals surface area contributed by atoms with E-state index < -0.39 is 8.32 Å². The van der Waals surface area contributed by atoms with E-state index in [0.29, 0.717) is 6.61 Å². The first kappa shape index (κ1) is 11.1. The van der Waals surface area contributed by atoms with Crippen molar-refractivity contribution in [3.63, 3.8) is 0 Å². The van der Waals surface area contributed by atoms with Crippen LogP contribution in [0.15, 0.2) is 0 Å². The minimum atomic E-state index is -1.41. The highest BCUT2D eigenvalue weighted by atomic mass is 28.4. The Morgan fingerprint density at radius 3 is 1.91 bits per heavy atom. The summed E-state index contributed by atoms with van der Waals surface area (Å²) in [6.45, 7) is 11.3. The highest BCUT2D eigenvalue weighted by molar-refractivity contribution is 6.69. The Morgan fingerprint density at radius 1 is 1.18 bits per heavy atom. The summed E-state index contributed by atoms with van der Waals surface area (Å²) in [5.74, 6) is 0. The van der Waals surface area contributed by atoms with Crippen LogP contribution in [0, 0.1) is 0 Å². The van der Waals surface area contributed by atoms with E-state index in [4.69, 9.17) is 9.16 Å². The van der Waals surface area contributed by atoms with Gasteiger partial charge in [-0.2, -0.15) is 0 Å². The molecule has 0 radical (unpaired) electrons. The molecular weight excluding hydrogens is 156 g/mol. The van der Waals surface area contributed by atoms with Gasteiger partial charge in [-0.3, -0.25) is 0 Å². The Kier molecular flexibility index (Phi) is 3.74. The van der Waals surface area contributed by atoms with E-state index >= 15 is 0 Å². The molecule has 0 rings (SSSR count). The van der Waals surface area contributed by atoms with E-state index in [0.717, 1.165) is 0 Å². The van der Waals surface area contributed by atoms with Crippen molar-refractivity contribution in [1.29, 1.82) is 0 Å². The third kappa shape index (κ3) is 6.53. The maximum Gasteiger partial charge on any atom is 0.184 e. The van der Waals surface area contributed by atoms with Gasteiger partial charge in [0.2, 0.25) is 0 Å². The number of methoxy groups -OCH3 is 1. The van der Waals surface area contributed by atoms with Gasteiger partial charge in [0.05, 0.1) is 12.2 Å². The van der Waals surface area contributed by atoms with Gasteiger partial charge in [-0.25, -0.2) is 0 Å². The average Bonchev–Trinajstić information content (AvgIpc) is 1.55. The van der Waals surface area contributed by atoms with Crippen molar-refractivity contribution >= 4 is 8.32 Å². The highest BCUT2D eigenvalue weighted by Crippen LogP contribution is 2.16. The van der Waals surface area contributed by atoms with Gasteiger partial charge < -0.3 is 9.16 Å². The SMILES string of the molecule is COCC(C)(C)O[Si](C)(C)C. The van der Waals surface area contributed by atoms with Crippen molar-refractivity contribution < 1.29 is 9.16 Å². The second kappa shape index (κ2) is 3.69. The van der Waals surface area contributed by atoms with Crippen molar-refractivity contribution in [3.8, 4) is 0 Å². The normalized spacial score (nSPS) is 13.6. The van der Waals surface area contributed by atoms with E-state index in [2.05, 4.69) is 33.5 Å². The third-order valence-corrected chi connectivity index (χ3v) is 2.24. The first-order valence-corrected chi connectivity index (χ1v) is 7.37. The van der Waals surface area contributed by atoms with Crippen LogP contribution in [-0.2, 0) is 9.16 Å². The van der Waals surface area contributed by atoms with Crippen LogP contribution in [0.2, 0.25) is 19.6 Å². The summed E-state index contributed by atoms with van der Waals surface area (Å²) in [6, 6.07) is 0. The monoisotopic (exact) mass is 176 g/mol. The van der Waals surface area contributed by atoms with Gasteiger partial charge in [0.1, 0.15) is 0 Å². The molecule has 68 valence electrons. The predicted octanol–water partition coefficient (Wildman–Crippen LogP) is 2.26. The Bertz CT molecular complexity index is 116. The summed E-state index contributed by atoms with van der Waals surface area (Å²) >= 11 is 0. The van der Waals surface area contributed by atoms with Crippen molar-refractivity contribution in [2.75, 3.05) is 13.7 Å². The molecule has 0 aliphatic heterocycles. The molecule has 0 unspecified atom stereocenters. The lowest BCUT2D eigenvalue weighted by molar-refractivity contribution is 0.0123. The van der Waals surface area contributed by atoms with Crippen molar-refractivity contribution in [1.82, 2.24) is 0 Å². The summed E-state index contributed by atoms with van der Waals surface area (Å²) < 4.78 is 10.9. The second-order valence-corrected chi connectivity index (χ2v) is 8.84. The van der Waals surface area contributed by atoms with E-state index in [1.54, 1.807) is 7.11 Å². The lowest BCUT2D eigenvalue weighted by Gasteiger charge is -2.32. The molecule has 0 aromatic rings. The van der Waals surface area contributed by atoms with Gasteiger partial charge in [0.25, 0.3) is 0 Å². The zero-order valence-corrected chi connectivity index (χ0v) is 9.52. The van der Waals surface area contributed by atoms with Gasteiger partial charge in [-0.05, 0) is 33.5 Å². The fourth-order valence-corrected chi connectivity index (χ4v) is 2.92. The lowest BCUT2D eigenvalue weighted by Crippen LogP contribution is -2.41. The number of ether oxygens (including phenoxy) is 1. The Balaban J connectivity index is 3.91. The van der Waals surface area contributed by atoms with Crippen molar-refractivity contribution in [2.24, 2.45) is 0 Å². The number of hydrogen-bond donors (Lipinski definition) is 0. The summed E-state index contributed by atoms with van der Waals surface area (Å²) in [5, 5.41) is 0. The molecule has 0 bridgehead atoms. The van der Waals surface area contributed by atoms with Crippen LogP contribution in [0.1, 0.15) is 13.8 Å². The maximum atomic E-state index is 5.88. The smallest absolute Gasteiger partial charge is 0.184 e. The first-order chi connectivity index (χ1) is 4.77. The van der Waals surface area contributed by atoms with Gasteiger partial charge in [0.15, 0.2) is 8.32 Å². The van der Waals surface area contributed by atoms with Crippen molar-refractivity contribution in [3.05, 3.63) is 0 Å². The zero-order chi connectivity index (χ0) is 9.12. The van der Waals surface area contributed by atoms with Crippen LogP contribution in [-0.4, -0.2) is 27.6 Å². The van der Waals surface area contributed by atoms with Gasteiger partial charge >= 0.3 is 0 Å². The molecule has 2 nitrogen and oxygen atoms in total. The van der Waals surface area contributed by atoms with Crippen LogP contribution in [0.4, 0.5) is 0 Å². The Hall–Kier alpha value is 0.137. The summed E-state index contributed by atoms with van der Waals surface area (Å²) in [4.78, 5) is 0. The highest BCUT2D eigenvalue weighted by Gasteiger charge is 2.26. The van der Waals surface area contributed by atoms with E-state index in [-0.39, 0.29) is 5.60 Å². The molecule has 0 saturated carbocycles. The Labute approximate surface area is 71.0 Å². The largest absolute Gasteiger partial charge is 0.410 e. The first-order valence-electron chi connectivity index (χ1n) is 3.96. The second-order valence-electron chi connectivity index (χ2n) is 4.41. The quantitative estimate of drug-likeness (QED) is 0.612. The molecule has 0 atom stereocenters. The molecule has 0 aromatic carbocycles. The number of rotatable bonds is 4. The topological polar surface area (TPSA) is 18.5 Å². The molecule has 0 spiro atoms. The van der Waals surface area contributed by atoms with E-state index in [9.17, 15) is 0 Å². The molecule has 0 aliphatic carbocycles. The summed E-state index contributed by atoms with van der Waals surface area (Å²) in [6.07, 6.45) is 0. The minimum absolute atomic E-state index is 0.126. The molecule has 3 heteroatoms. The molecule has 0 fully saturated rings. The fourth-order valence-electron chi connectivity index (χ4n) is 1.21. The predicted molar refractivity (Wildman–Crippen MR) is 50.4 cm³/mol. The van der Waals surface area contributed by atoms with E-state index in [1.807, 2.05) is 0 Å². The standard InChI is InChI=1S/C8H20O2Si/c1-8(2,7-9-3)10-11(4,5)6/h7H2,1-6H3. The molecule has 0 aromatic heterocycles. The van der Waals surface area contributed by atoms with Crippen molar-refractivity contribution in [2.45, 2.75) is 39.1 Å². The molecule has 0 N–H and O–H groups in total. The van der Waals surface area contributed by atoms with Gasteiger partial charge in [-0.1, -0.05) is 0 Å². The van der Waals surface area contributed by atoms with Crippen LogP contribution >= 0.6 is 0 Å². The van der Waals surface area contributed by atoms with Crippen LogP contribution < -0.4 is 0 Å². The molecule has 0 saturated heterocycles. The number of hydrogen-bond acceptors (Lipinski definition) is 2.